The first-order valence-electron chi connectivity index (χ1n) is 5.84. The van der Waals surface area contributed by atoms with Gasteiger partial charge < -0.3 is 4.90 Å². The molecular weight excluding hydrogens is 220 g/mol. The highest BCUT2D eigenvalue weighted by atomic mass is 16.2. The molecule has 1 amide bonds. The molecule has 0 aromatic heterocycles. The number of carbonyl (C=O) groups excluding carboxylic acids is 2. The fourth-order valence-electron chi connectivity index (χ4n) is 1.19. The Kier molecular flexibility index (Phi) is 7.69. The number of nitrogens with zero attached hydrogens (tertiary/aromatic N) is 2. The lowest BCUT2D eigenvalue weighted by atomic mass is 10.2. The van der Waals surface area contributed by atoms with Gasteiger partial charge in [0.15, 0.2) is 0 Å². The predicted octanol–water partition coefficient (Wildman–Crippen LogP) is -0.792. The summed E-state index contributed by atoms with van der Waals surface area (Å²) in [6.07, 6.45) is 0.468. The van der Waals surface area contributed by atoms with Crippen LogP contribution in [0.2, 0.25) is 0 Å². The number of nitrogens with two attached hydrogens (primary N) is 1. The van der Waals surface area contributed by atoms with Crippen molar-refractivity contribution >= 4 is 11.7 Å². The zero-order chi connectivity index (χ0) is 13.4. The topological polar surface area (TPSA) is 78.7 Å². The van der Waals surface area contributed by atoms with Gasteiger partial charge in [-0.3, -0.25) is 19.9 Å². The first-order valence-corrected chi connectivity index (χ1v) is 5.84. The Morgan fingerprint density at radius 2 is 1.88 bits per heavy atom. The Bertz CT molecular complexity index is 256. The number of carbonyl (C=O) groups is 2. The van der Waals surface area contributed by atoms with Gasteiger partial charge >= 0.3 is 0 Å². The van der Waals surface area contributed by atoms with Crippen LogP contribution in [-0.4, -0.2) is 61.4 Å². The summed E-state index contributed by atoms with van der Waals surface area (Å²) in [5.74, 6) is 5.48. The van der Waals surface area contributed by atoms with E-state index >= 15 is 0 Å². The first kappa shape index (κ1) is 16.0. The summed E-state index contributed by atoms with van der Waals surface area (Å²) in [5.41, 5.74) is 0. The lowest BCUT2D eigenvalue weighted by molar-refractivity contribution is -0.131. The summed E-state index contributed by atoms with van der Waals surface area (Å²) in [6.45, 7) is 4.83. The quantitative estimate of drug-likeness (QED) is 0.332. The van der Waals surface area contributed by atoms with Gasteiger partial charge in [0.05, 0.1) is 12.6 Å². The smallest absolute Gasteiger partial charge is 0.250 e. The second-order valence-corrected chi connectivity index (χ2v) is 4.31. The number of hydrogen-bond donors (Lipinski definition) is 2. The molecule has 0 aliphatic heterocycles. The van der Waals surface area contributed by atoms with Crippen LogP contribution in [0, 0.1) is 0 Å². The van der Waals surface area contributed by atoms with Crippen LogP contribution in [0.1, 0.15) is 20.3 Å². The van der Waals surface area contributed by atoms with E-state index in [1.807, 2.05) is 19.0 Å². The minimum absolute atomic E-state index is 0.0923. The average molecular weight is 244 g/mol. The van der Waals surface area contributed by atoms with Gasteiger partial charge in [0, 0.05) is 19.5 Å². The van der Waals surface area contributed by atoms with Crippen molar-refractivity contribution in [3.05, 3.63) is 0 Å². The van der Waals surface area contributed by atoms with Gasteiger partial charge in [-0.25, -0.2) is 5.84 Å². The van der Waals surface area contributed by atoms with Gasteiger partial charge in [0.1, 0.15) is 5.78 Å². The maximum atomic E-state index is 11.6. The normalized spacial score (nSPS) is 12.6. The molecule has 0 saturated heterocycles. The van der Waals surface area contributed by atoms with E-state index in [4.69, 9.17) is 5.84 Å². The molecule has 0 unspecified atom stereocenters. The number of ketones is 1. The molecule has 0 rings (SSSR count). The highest BCUT2D eigenvalue weighted by Gasteiger charge is 2.14. The number of hydrazine groups is 1. The second kappa shape index (κ2) is 8.16. The molecule has 0 fully saturated rings. The molecule has 0 aromatic carbocycles. The molecule has 0 aliphatic rings. The molecule has 1 atom stereocenters. The third kappa shape index (κ3) is 7.04. The van der Waals surface area contributed by atoms with Gasteiger partial charge in [0.25, 0.3) is 0 Å². The summed E-state index contributed by atoms with van der Waals surface area (Å²) in [7, 11) is 3.83. The van der Waals surface area contributed by atoms with Crippen LogP contribution < -0.4 is 11.2 Å². The van der Waals surface area contributed by atoms with Crippen LogP contribution in [0.5, 0.6) is 0 Å². The number of nitrogens with one attached hydrogen (secondary N) is 1. The molecule has 0 aliphatic carbocycles. The molecule has 0 bridgehead atoms. The van der Waals surface area contributed by atoms with Crippen molar-refractivity contribution in [2.45, 2.75) is 26.3 Å². The molecule has 17 heavy (non-hydrogen) atoms. The second-order valence-electron chi connectivity index (χ2n) is 4.31. The van der Waals surface area contributed by atoms with Crippen LogP contribution in [0.25, 0.3) is 0 Å². The van der Waals surface area contributed by atoms with Crippen LogP contribution in [0.3, 0.4) is 0 Å². The van der Waals surface area contributed by atoms with Gasteiger partial charge in [-0.2, -0.15) is 0 Å². The van der Waals surface area contributed by atoms with Gasteiger partial charge in [-0.15, -0.1) is 0 Å². The summed E-state index contributed by atoms with van der Waals surface area (Å²) >= 11 is 0. The van der Waals surface area contributed by atoms with Crippen LogP contribution in [0.15, 0.2) is 0 Å². The van der Waals surface area contributed by atoms with Crippen molar-refractivity contribution in [3.63, 3.8) is 0 Å². The predicted molar refractivity (Wildman–Crippen MR) is 67.2 cm³/mol. The van der Waals surface area contributed by atoms with Crippen molar-refractivity contribution in [2.75, 3.05) is 33.7 Å². The highest BCUT2D eigenvalue weighted by molar-refractivity contribution is 5.84. The van der Waals surface area contributed by atoms with Crippen molar-refractivity contribution in [1.82, 2.24) is 15.2 Å². The SMILES string of the molecule is CCC(=O)[C@H](C)NCC(=O)N(N)CCN(C)C. The third-order valence-corrected chi connectivity index (χ3v) is 2.50. The number of likely N-dealkylation sites (N-methyl/N-ethyl adjacent to an activating group) is 1. The first-order chi connectivity index (χ1) is 7.88. The Hall–Kier alpha value is -0.980. The number of amides is 1. The maximum Gasteiger partial charge on any atom is 0.250 e. The largest absolute Gasteiger partial charge is 0.308 e. The van der Waals surface area contributed by atoms with E-state index in [9.17, 15) is 9.59 Å². The van der Waals surface area contributed by atoms with Crippen molar-refractivity contribution < 1.29 is 9.59 Å². The molecule has 0 radical (unpaired) electrons. The van der Waals surface area contributed by atoms with Crippen LogP contribution in [0.4, 0.5) is 0 Å². The van der Waals surface area contributed by atoms with Crippen molar-refractivity contribution in [3.8, 4) is 0 Å². The van der Waals surface area contributed by atoms with Gasteiger partial charge in [0.2, 0.25) is 5.91 Å². The average Bonchev–Trinajstić information content (AvgIpc) is 2.31. The van der Waals surface area contributed by atoms with E-state index in [1.54, 1.807) is 13.8 Å². The standard InChI is InChI=1S/C11H24N4O2/c1-5-10(16)9(2)13-8-11(17)15(12)7-6-14(3)4/h9,13H,5-8,12H2,1-4H3/t9-/m0/s1. The molecule has 0 spiro atoms. The molecule has 100 valence electrons. The molecule has 0 aromatic rings. The van der Waals surface area contributed by atoms with E-state index in [-0.39, 0.29) is 24.3 Å². The fraction of sp³-hybridized carbons (Fsp3) is 0.818. The number of hydrogen-bond acceptors (Lipinski definition) is 5. The summed E-state index contributed by atoms with van der Waals surface area (Å²) < 4.78 is 0. The Morgan fingerprint density at radius 1 is 1.29 bits per heavy atom. The molecule has 0 heterocycles. The van der Waals surface area contributed by atoms with Crippen molar-refractivity contribution in [2.24, 2.45) is 5.84 Å². The zero-order valence-electron chi connectivity index (χ0n) is 11.2. The Morgan fingerprint density at radius 3 is 2.35 bits per heavy atom. The van der Waals surface area contributed by atoms with E-state index in [0.717, 1.165) is 0 Å². The third-order valence-electron chi connectivity index (χ3n) is 2.50. The lowest BCUT2D eigenvalue weighted by Gasteiger charge is -2.20. The van der Waals surface area contributed by atoms with Crippen LogP contribution >= 0.6 is 0 Å². The summed E-state index contributed by atoms with van der Waals surface area (Å²) in [6, 6.07) is -0.300. The molecule has 3 N–H and O–H groups in total. The maximum absolute atomic E-state index is 11.6. The summed E-state index contributed by atoms with van der Waals surface area (Å²) in [4.78, 5) is 24.8. The Labute approximate surface area is 103 Å². The summed E-state index contributed by atoms with van der Waals surface area (Å²) in [5, 5.41) is 4.04. The molecule has 0 saturated carbocycles. The minimum Gasteiger partial charge on any atom is -0.308 e. The Balaban J connectivity index is 3.88. The zero-order valence-corrected chi connectivity index (χ0v) is 11.2. The van der Waals surface area contributed by atoms with Gasteiger partial charge in [-0.05, 0) is 21.0 Å². The van der Waals surface area contributed by atoms with Crippen molar-refractivity contribution in [1.29, 1.82) is 0 Å². The lowest BCUT2D eigenvalue weighted by Crippen LogP contribution is -2.48. The van der Waals surface area contributed by atoms with E-state index < -0.39 is 0 Å². The molecule has 6 nitrogen and oxygen atoms in total. The molecule has 6 heteroatoms. The number of rotatable bonds is 8. The van der Waals surface area contributed by atoms with E-state index in [0.29, 0.717) is 19.5 Å². The minimum atomic E-state index is -0.300. The number of Topliss-reactive ketones (excluding diaryl/α,β-unsaturated/α-hetero) is 1. The molecular formula is C11H24N4O2. The monoisotopic (exact) mass is 244 g/mol. The highest BCUT2D eigenvalue weighted by Crippen LogP contribution is 1.90. The fourth-order valence-corrected chi connectivity index (χ4v) is 1.19. The van der Waals surface area contributed by atoms with Gasteiger partial charge in [-0.1, -0.05) is 6.92 Å². The van der Waals surface area contributed by atoms with E-state index in [2.05, 4.69) is 5.32 Å². The van der Waals surface area contributed by atoms with Crippen LogP contribution in [-0.2, 0) is 9.59 Å². The van der Waals surface area contributed by atoms with E-state index in [1.165, 1.54) is 5.01 Å².